The number of hydrogen-bond donors (Lipinski definition) is 2. The second-order valence-corrected chi connectivity index (χ2v) is 12.0. The van der Waals surface area contributed by atoms with Gasteiger partial charge >= 0.3 is 12.1 Å². The molecule has 1 aliphatic heterocycles. The number of carboxylic acids is 1. The van der Waals surface area contributed by atoms with Gasteiger partial charge in [-0.15, -0.1) is 0 Å². The second kappa shape index (κ2) is 12.7. The van der Waals surface area contributed by atoms with Gasteiger partial charge in [-0.05, 0) is 73.9 Å². The van der Waals surface area contributed by atoms with Crippen molar-refractivity contribution in [3.8, 4) is 5.75 Å². The zero-order valence-corrected chi connectivity index (χ0v) is 23.3. The summed E-state index contributed by atoms with van der Waals surface area (Å²) in [5.74, 6) is -3.90. The van der Waals surface area contributed by atoms with E-state index in [1.165, 1.54) is 12.1 Å². The molecule has 4 rings (SSSR count). The standard InChI is InChI=1S/C24H28ClFN2O4S.C2HF3O2/c1-15-5-6-17(21(25)10-15)13-28-9-3-4-18(14-28)32-23-12-22(26)20(11-19(23)16-7-8-16)24(29)27-33(2,30)31;3-2(4,5)1(6)7/h5-6,10-12,16,18H,3-4,7-9,13-14H2,1-2H3,(H,27,29);(H,6,7). The maximum atomic E-state index is 14.8. The molecule has 40 heavy (non-hydrogen) atoms. The van der Waals surface area contributed by atoms with Gasteiger partial charge < -0.3 is 9.84 Å². The Morgan fingerprint density at radius 3 is 2.38 bits per heavy atom. The zero-order chi connectivity index (χ0) is 29.8. The highest BCUT2D eigenvalue weighted by molar-refractivity contribution is 7.89. The molecule has 0 radical (unpaired) electrons. The molecule has 1 atom stereocenters. The number of benzene rings is 2. The normalized spacial score (nSPS) is 17.9. The van der Waals surface area contributed by atoms with Crippen molar-refractivity contribution in [2.45, 2.75) is 57.3 Å². The van der Waals surface area contributed by atoms with Crippen LogP contribution < -0.4 is 9.46 Å². The fourth-order valence-electron chi connectivity index (χ4n) is 4.24. The minimum atomic E-state index is -5.08. The van der Waals surface area contributed by atoms with E-state index in [1.54, 1.807) is 0 Å². The topological polar surface area (TPSA) is 113 Å². The number of hydrogen-bond acceptors (Lipinski definition) is 6. The largest absolute Gasteiger partial charge is 0.490 e. The Hall–Kier alpha value is -2.90. The first-order valence-electron chi connectivity index (χ1n) is 12.3. The van der Waals surface area contributed by atoms with E-state index >= 15 is 0 Å². The van der Waals surface area contributed by atoms with Gasteiger partial charge in [-0.1, -0.05) is 23.7 Å². The van der Waals surface area contributed by atoms with E-state index in [0.717, 1.165) is 60.2 Å². The average molecular weight is 609 g/mol. The van der Waals surface area contributed by atoms with Gasteiger partial charge in [-0.3, -0.25) is 9.69 Å². The van der Waals surface area contributed by atoms with Crippen LogP contribution in [0.2, 0.25) is 5.02 Å². The van der Waals surface area contributed by atoms with Gasteiger partial charge in [-0.25, -0.2) is 22.3 Å². The van der Waals surface area contributed by atoms with Crippen molar-refractivity contribution < 1.29 is 45.4 Å². The molecule has 2 N–H and O–H groups in total. The highest BCUT2D eigenvalue weighted by atomic mass is 35.5. The lowest BCUT2D eigenvalue weighted by molar-refractivity contribution is -0.192. The average Bonchev–Trinajstić information content (AvgIpc) is 3.65. The monoisotopic (exact) mass is 608 g/mol. The summed E-state index contributed by atoms with van der Waals surface area (Å²) in [6.07, 6.45) is -0.684. The van der Waals surface area contributed by atoms with Gasteiger partial charge in [0.15, 0.2) is 0 Å². The van der Waals surface area contributed by atoms with E-state index in [2.05, 4.69) is 4.90 Å². The van der Waals surface area contributed by atoms with Crippen molar-refractivity contribution in [2.75, 3.05) is 19.3 Å². The number of nitrogens with zero attached hydrogens (tertiary/aromatic N) is 1. The quantitative estimate of drug-likeness (QED) is 0.424. The molecule has 0 aromatic heterocycles. The maximum Gasteiger partial charge on any atom is 0.490 e. The number of aliphatic carboxylic acids is 1. The third-order valence-corrected chi connectivity index (χ3v) is 7.15. The summed E-state index contributed by atoms with van der Waals surface area (Å²) < 4.78 is 77.4. The van der Waals surface area contributed by atoms with Gasteiger partial charge in [0, 0.05) is 24.2 Å². The predicted molar refractivity (Wildman–Crippen MR) is 139 cm³/mol. The number of carboxylic acid groups (broad SMARTS) is 1. The molecule has 1 aliphatic carbocycles. The van der Waals surface area contributed by atoms with Crippen LogP contribution in [0.4, 0.5) is 17.6 Å². The summed E-state index contributed by atoms with van der Waals surface area (Å²) in [6.45, 7) is 4.34. The molecule has 2 fully saturated rings. The minimum absolute atomic E-state index is 0.115. The number of rotatable bonds is 7. The van der Waals surface area contributed by atoms with Crippen molar-refractivity contribution >= 4 is 33.5 Å². The molecular weight excluding hydrogens is 580 g/mol. The first-order valence-corrected chi connectivity index (χ1v) is 14.6. The Kier molecular flexibility index (Phi) is 10.1. The summed E-state index contributed by atoms with van der Waals surface area (Å²) in [6, 6.07) is 8.71. The summed E-state index contributed by atoms with van der Waals surface area (Å²) in [5.41, 5.74) is 2.66. The molecule has 2 aromatic rings. The van der Waals surface area contributed by atoms with E-state index in [1.807, 2.05) is 29.8 Å². The summed E-state index contributed by atoms with van der Waals surface area (Å²) in [7, 11) is -3.79. The molecule has 1 unspecified atom stereocenters. The van der Waals surface area contributed by atoms with E-state index in [9.17, 15) is 30.8 Å². The fraction of sp³-hybridized carbons (Fsp3) is 0.462. The van der Waals surface area contributed by atoms with Crippen LogP contribution in [0.1, 0.15) is 58.6 Å². The molecule has 1 amide bonds. The Morgan fingerprint density at radius 2 is 1.82 bits per heavy atom. The van der Waals surface area contributed by atoms with Crippen molar-refractivity contribution in [3.05, 3.63) is 63.4 Å². The molecule has 2 aliphatic rings. The number of aryl methyl sites for hydroxylation is 1. The van der Waals surface area contributed by atoms with Crippen LogP contribution >= 0.6 is 11.6 Å². The van der Waals surface area contributed by atoms with Gasteiger partial charge in [0.25, 0.3) is 5.91 Å². The van der Waals surface area contributed by atoms with Crippen molar-refractivity contribution in [3.63, 3.8) is 0 Å². The summed E-state index contributed by atoms with van der Waals surface area (Å²) in [4.78, 5) is 23.4. The predicted octanol–water partition coefficient (Wildman–Crippen LogP) is 5.03. The molecule has 0 bridgehead atoms. The van der Waals surface area contributed by atoms with Crippen LogP contribution in [0.25, 0.3) is 0 Å². The van der Waals surface area contributed by atoms with Gasteiger partial charge in [-0.2, -0.15) is 13.2 Å². The van der Waals surface area contributed by atoms with Gasteiger partial charge in [0.05, 0.1) is 11.8 Å². The molecule has 2 aromatic carbocycles. The Bertz CT molecular complexity index is 1370. The number of carbonyl (C=O) groups is 2. The van der Waals surface area contributed by atoms with Gasteiger partial charge in [0.1, 0.15) is 17.7 Å². The zero-order valence-electron chi connectivity index (χ0n) is 21.7. The molecule has 220 valence electrons. The smallest absolute Gasteiger partial charge is 0.489 e. The number of nitrogens with one attached hydrogen (secondary N) is 1. The van der Waals surface area contributed by atoms with E-state index in [4.69, 9.17) is 26.2 Å². The van der Waals surface area contributed by atoms with Crippen LogP contribution in [-0.2, 0) is 21.4 Å². The number of sulfonamides is 1. The van der Waals surface area contributed by atoms with Crippen LogP contribution in [0, 0.1) is 12.7 Å². The number of amides is 1. The lowest BCUT2D eigenvalue weighted by atomic mass is 10.0. The molecule has 1 saturated heterocycles. The van der Waals surface area contributed by atoms with Crippen LogP contribution in [0.5, 0.6) is 5.75 Å². The Balaban J connectivity index is 0.000000559. The third-order valence-electron chi connectivity index (χ3n) is 6.24. The molecule has 14 heteroatoms. The van der Waals surface area contributed by atoms with Crippen LogP contribution in [-0.4, -0.2) is 61.9 Å². The summed E-state index contributed by atoms with van der Waals surface area (Å²) in [5, 5.41) is 7.87. The second-order valence-electron chi connectivity index (χ2n) is 9.86. The molecule has 8 nitrogen and oxygen atoms in total. The number of likely N-dealkylation sites (tertiary alicyclic amines) is 1. The third kappa shape index (κ3) is 9.34. The van der Waals surface area contributed by atoms with Crippen molar-refractivity contribution in [1.29, 1.82) is 0 Å². The first-order chi connectivity index (χ1) is 18.5. The van der Waals surface area contributed by atoms with Crippen LogP contribution in [0.15, 0.2) is 30.3 Å². The minimum Gasteiger partial charge on any atom is -0.489 e. The van der Waals surface area contributed by atoms with Crippen molar-refractivity contribution in [1.82, 2.24) is 9.62 Å². The number of alkyl halides is 3. The highest BCUT2D eigenvalue weighted by Gasteiger charge is 2.38. The SMILES string of the molecule is Cc1ccc(CN2CCCC(Oc3cc(F)c(C(=O)NS(C)(=O)=O)cc3C3CC3)C2)c(Cl)c1.O=C(O)C(F)(F)F. The van der Waals surface area contributed by atoms with Gasteiger partial charge in [0.2, 0.25) is 10.0 Å². The maximum absolute atomic E-state index is 14.8. The molecule has 0 spiro atoms. The lowest BCUT2D eigenvalue weighted by Crippen LogP contribution is -2.40. The lowest BCUT2D eigenvalue weighted by Gasteiger charge is -2.33. The molecule has 1 heterocycles. The van der Waals surface area contributed by atoms with Crippen molar-refractivity contribution in [2.24, 2.45) is 0 Å². The fourth-order valence-corrected chi connectivity index (χ4v) is 4.98. The number of piperidine rings is 1. The van der Waals surface area contributed by atoms with Crippen LogP contribution in [0.3, 0.4) is 0 Å². The van der Waals surface area contributed by atoms with E-state index in [-0.39, 0.29) is 17.6 Å². The summed E-state index contributed by atoms with van der Waals surface area (Å²) >= 11 is 6.41. The first kappa shape index (κ1) is 31.6. The highest BCUT2D eigenvalue weighted by Crippen LogP contribution is 2.45. The van der Waals surface area contributed by atoms with E-state index < -0.39 is 33.9 Å². The molecular formula is C26H29ClF4N2O6S. The number of carbonyl (C=O) groups excluding carboxylic acids is 1. The molecule has 1 saturated carbocycles. The Labute approximate surface area is 234 Å². The number of ether oxygens (including phenoxy) is 1. The van der Waals surface area contributed by atoms with E-state index in [0.29, 0.717) is 18.8 Å². The Morgan fingerprint density at radius 1 is 1.18 bits per heavy atom. The number of halogens is 5.